The number of anilines is 2. The maximum Gasteiger partial charge on any atom is 0.319 e. The van der Waals surface area contributed by atoms with Gasteiger partial charge in [-0.05, 0) is 55.8 Å². The third kappa shape index (κ3) is 4.33. The van der Waals surface area contributed by atoms with E-state index in [-0.39, 0.29) is 24.4 Å². The van der Waals surface area contributed by atoms with Crippen molar-refractivity contribution in [2.75, 3.05) is 23.4 Å². The van der Waals surface area contributed by atoms with E-state index < -0.39 is 0 Å². The summed E-state index contributed by atoms with van der Waals surface area (Å²) in [7, 11) is 0. The lowest BCUT2D eigenvalue weighted by Gasteiger charge is -2.18. The summed E-state index contributed by atoms with van der Waals surface area (Å²) in [4.78, 5) is 26.2. The zero-order chi connectivity index (χ0) is 18.5. The average molecular weight is 353 g/mol. The number of carbonyl (C=O) groups excluding carboxylic acids is 2. The minimum atomic E-state index is -0.304. The second-order valence-electron chi connectivity index (χ2n) is 6.30. The van der Waals surface area contributed by atoms with Gasteiger partial charge in [-0.1, -0.05) is 12.1 Å². The minimum Gasteiger partial charge on any atom is -0.494 e. The highest BCUT2D eigenvalue weighted by Gasteiger charge is 2.31. The lowest BCUT2D eigenvalue weighted by Crippen LogP contribution is -2.39. The molecule has 2 aromatic carbocycles. The number of amides is 3. The topological polar surface area (TPSA) is 70.7 Å². The van der Waals surface area contributed by atoms with Gasteiger partial charge in [0.05, 0.1) is 12.6 Å². The smallest absolute Gasteiger partial charge is 0.319 e. The van der Waals surface area contributed by atoms with Crippen LogP contribution in [0.2, 0.25) is 0 Å². The maximum atomic E-state index is 12.3. The molecule has 6 heteroatoms. The van der Waals surface area contributed by atoms with Gasteiger partial charge in [0.25, 0.3) is 0 Å². The van der Waals surface area contributed by atoms with E-state index in [0.717, 1.165) is 22.7 Å². The molecular formula is C20H23N3O3. The highest BCUT2D eigenvalue weighted by molar-refractivity contribution is 5.97. The van der Waals surface area contributed by atoms with Gasteiger partial charge in [0.1, 0.15) is 5.75 Å². The SMILES string of the molecule is CCOc1ccc(N2C[C@@H](NC(=O)Nc3cccc(C)c3)CC2=O)cc1. The zero-order valence-corrected chi connectivity index (χ0v) is 15.0. The molecule has 2 N–H and O–H groups in total. The summed E-state index contributed by atoms with van der Waals surface area (Å²) >= 11 is 0. The van der Waals surface area contributed by atoms with Crippen LogP contribution in [0.5, 0.6) is 5.75 Å². The second kappa shape index (κ2) is 7.91. The van der Waals surface area contributed by atoms with Crippen molar-refractivity contribution in [3.05, 3.63) is 54.1 Å². The zero-order valence-electron chi connectivity index (χ0n) is 15.0. The van der Waals surface area contributed by atoms with Crippen LogP contribution in [0.4, 0.5) is 16.2 Å². The van der Waals surface area contributed by atoms with Crippen LogP contribution < -0.4 is 20.3 Å². The van der Waals surface area contributed by atoms with E-state index in [1.54, 1.807) is 4.90 Å². The molecule has 1 aliphatic rings. The van der Waals surface area contributed by atoms with Crippen molar-refractivity contribution < 1.29 is 14.3 Å². The van der Waals surface area contributed by atoms with Crippen LogP contribution in [0.15, 0.2) is 48.5 Å². The Morgan fingerprint density at radius 2 is 2.00 bits per heavy atom. The molecule has 1 fully saturated rings. The first kappa shape index (κ1) is 17.8. The first-order valence-corrected chi connectivity index (χ1v) is 8.72. The van der Waals surface area contributed by atoms with Crippen molar-refractivity contribution in [3.8, 4) is 5.75 Å². The number of carbonyl (C=O) groups is 2. The molecule has 0 radical (unpaired) electrons. The van der Waals surface area contributed by atoms with Gasteiger partial charge in [0.15, 0.2) is 0 Å². The Labute approximate surface area is 153 Å². The highest BCUT2D eigenvalue weighted by Crippen LogP contribution is 2.24. The standard InChI is InChI=1S/C20H23N3O3/c1-3-26-18-9-7-17(8-10-18)23-13-16(12-19(23)24)22-20(25)21-15-6-4-5-14(2)11-15/h4-11,16H,3,12-13H2,1-2H3,(H2,21,22,25)/t16-/m0/s1. The molecule has 1 heterocycles. The van der Waals surface area contributed by atoms with Gasteiger partial charge in [-0.2, -0.15) is 0 Å². The number of aryl methyl sites for hydroxylation is 1. The second-order valence-corrected chi connectivity index (χ2v) is 6.30. The fraction of sp³-hybridized carbons (Fsp3) is 0.300. The Balaban J connectivity index is 1.58. The molecule has 1 aliphatic heterocycles. The summed E-state index contributed by atoms with van der Waals surface area (Å²) in [5, 5.41) is 5.68. The third-order valence-electron chi connectivity index (χ3n) is 4.20. The molecule has 6 nitrogen and oxygen atoms in total. The lowest BCUT2D eigenvalue weighted by atomic mass is 10.2. The van der Waals surface area contributed by atoms with Crippen LogP contribution in [0.25, 0.3) is 0 Å². The Morgan fingerprint density at radius 3 is 2.69 bits per heavy atom. The molecule has 0 saturated carbocycles. The summed E-state index contributed by atoms with van der Waals surface area (Å²) in [5.74, 6) is 0.769. The van der Waals surface area contributed by atoms with E-state index in [9.17, 15) is 9.59 Å². The number of nitrogens with zero attached hydrogens (tertiary/aromatic N) is 1. The van der Waals surface area contributed by atoms with Gasteiger partial charge in [-0.15, -0.1) is 0 Å². The van der Waals surface area contributed by atoms with Crippen molar-refractivity contribution in [1.82, 2.24) is 5.32 Å². The molecule has 0 aliphatic carbocycles. The number of hydrogen-bond donors (Lipinski definition) is 2. The molecule has 1 atom stereocenters. The molecule has 26 heavy (non-hydrogen) atoms. The van der Waals surface area contributed by atoms with E-state index in [0.29, 0.717) is 13.2 Å². The Bertz CT molecular complexity index is 789. The number of hydrogen-bond acceptors (Lipinski definition) is 3. The Morgan fingerprint density at radius 1 is 1.23 bits per heavy atom. The van der Waals surface area contributed by atoms with Gasteiger partial charge < -0.3 is 20.3 Å². The van der Waals surface area contributed by atoms with E-state index in [2.05, 4.69) is 10.6 Å². The summed E-state index contributed by atoms with van der Waals surface area (Å²) in [6, 6.07) is 14.5. The van der Waals surface area contributed by atoms with Crippen LogP contribution in [0, 0.1) is 6.92 Å². The normalized spacial score (nSPS) is 16.5. The van der Waals surface area contributed by atoms with Crippen LogP contribution in [0.3, 0.4) is 0 Å². The lowest BCUT2D eigenvalue weighted by molar-refractivity contribution is -0.117. The van der Waals surface area contributed by atoms with Gasteiger partial charge >= 0.3 is 6.03 Å². The van der Waals surface area contributed by atoms with Gasteiger partial charge in [-0.25, -0.2) is 4.79 Å². The molecule has 3 rings (SSSR count). The van der Waals surface area contributed by atoms with Crippen LogP contribution in [0.1, 0.15) is 18.9 Å². The monoisotopic (exact) mass is 353 g/mol. The summed E-state index contributed by atoms with van der Waals surface area (Å²) in [5.41, 5.74) is 2.61. The van der Waals surface area contributed by atoms with E-state index in [1.807, 2.05) is 62.4 Å². The average Bonchev–Trinajstić information content (AvgIpc) is 2.96. The van der Waals surface area contributed by atoms with Crippen molar-refractivity contribution >= 4 is 23.3 Å². The molecule has 2 aromatic rings. The largest absolute Gasteiger partial charge is 0.494 e. The van der Waals surface area contributed by atoms with Crippen LogP contribution >= 0.6 is 0 Å². The van der Waals surface area contributed by atoms with Gasteiger partial charge in [-0.3, -0.25) is 4.79 Å². The predicted molar refractivity (Wildman–Crippen MR) is 102 cm³/mol. The minimum absolute atomic E-state index is 0.00462. The molecule has 0 spiro atoms. The van der Waals surface area contributed by atoms with Crippen molar-refractivity contribution in [1.29, 1.82) is 0 Å². The van der Waals surface area contributed by atoms with E-state index in [4.69, 9.17) is 4.74 Å². The van der Waals surface area contributed by atoms with E-state index in [1.165, 1.54) is 0 Å². The first-order chi connectivity index (χ1) is 12.5. The third-order valence-corrected chi connectivity index (χ3v) is 4.20. The van der Waals surface area contributed by atoms with Gasteiger partial charge in [0.2, 0.25) is 5.91 Å². The molecule has 0 unspecified atom stereocenters. The number of urea groups is 1. The number of benzene rings is 2. The summed E-state index contributed by atoms with van der Waals surface area (Å²) in [6.45, 7) is 4.95. The molecule has 0 bridgehead atoms. The fourth-order valence-corrected chi connectivity index (χ4v) is 3.02. The maximum absolute atomic E-state index is 12.3. The quantitative estimate of drug-likeness (QED) is 0.866. The number of ether oxygens (including phenoxy) is 1. The summed E-state index contributed by atoms with van der Waals surface area (Å²) < 4.78 is 5.42. The molecule has 0 aromatic heterocycles. The van der Waals surface area contributed by atoms with Crippen molar-refractivity contribution in [2.24, 2.45) is 0 Å². The highest BCUT2D eigenvalue weighted by atomic mass is 16.5. The molecule has 1 saturated heterocycles. The van der Waals surface area contributed by atoms with Crippen molar-refractivity contribution in [3.63, 3.8) is 0 Å². The van der Waals surface area contributed by atoms with Crippen molar-refractivity contribution in [2.45, 2.75) is 26.3 Å². The number of rotatable bonds is 5. The Hall–Kier alpha value is -3.02. The first-order valence-electron chi connectivity index (χ1n) is 8.72. The molecule has 3 amide bonds. The van der Waals surface area contributed by atoms with Crippen LogP contribution in [-0.2, 0) is 4.79 Å². The fourth-order valence-electron chi connectivity index (χ4n) is 3.02. The van der Waals surface area contributed by atoms with Gasteiger partial charge in [0, 0.05) is 24.3 Å². The summed E-state index contributed by atoms with van der Waals surface area (Å²) in [6.07, 6.45) is 0.286. The van der Waals surface area contributed by atoms with E-state index >= 15 is 0 Å². The Kier molecular flexibility index (Phi) is 5.41. The molecular weight excluding hydrogens is 330 g/mol. The number of nitrogens with one attached hydrogen (secondary N) is 2. The molecule has 136 valence electrons. The van der Waals surface area contributed by atoms with Crippen LogP contribution in [-0.4, -0.2) is 31.1 Å². The predicted octanol–water partition coefficient (Wildman–Crippen LogP) is 3.32.